The van der Waals surface area contributed by atoms with Crippen LogP contribution in [0.5, 0.6) is 0 Å². The summed E-state index contributed by atoms with van der Waals surface area (Å²) < 4.78 is 4.87. The number of carbonyl (C=O) groups excluding carboxylic acids is 4. The van der Waals surface area contributed by atoms with E-state index in [1.54, 1.807) is 0 Å². The number of carbonyl (C=O) groups is 4. The summed E-state index contributed by atoms with van der Waals surface area (Å²) in [6.45, 7) is 0.506. The van der Waals surface area contributed by atoms with Crippen molar-refractivity contribution in [2.24, 2.45) is 0 Å². The van der Waals surface area contributed by atoms with E-state index in [0.717, 1.165) is 18.1 Å². The minimum Gasteiger partial charge on any atom is -0.454 e. The third kappa shape index (κ3) is 5.15. The number of fused-ring (bicyclic) bond motifs is 1. The van der Waals surface area contributed by atoms with E-state index in [1.807, 2.05) is 37.3 Å². The first-order chi connectivity index (χ1) is 15.3. The highest BCUT2D eigenvalue weighted by Gasteiger charge is 2.41. The molecule has 10 nitrogen and oxygen atoms in total. The SMILES string of the molecule is C[C@H](CCc1ccccc1)NC(=O)COC(=O)CN1C(=O)c2cccc([N+](=O)[O-])c2C1=O. The van der Waals surface area contributed by atoms with Gasteiger partial charge in [0.15, 0.2) is 6.61 Å². The van der Waals surface area contributed by atoms with E-state index in [1.165, 1.54) is 12.1 Å². The van der Waals surface area contributed by atoms with E-state index in [-0.39, 0.29) is 17.2 Å². The number of nitro benzene ring substituents is 1. The Hall–Kier alpha value is -4.08. The van der Waals surface area contributed by atoms with Crippen LogP contribution in [0.1, 0.15) is 39.6 Å². The lowest BCUT2D eigenvalue weighted by Gasteiger charge is -2.15. The molecule has 0 fully saturated rings. The lowest BCUT2D eigenvalue weighted by Crippen LogP contribution is -2.39. The summed E-state index contributed by atoms with van der Waals surface area (Å²) in [7, 11) is 0. The highest BCUT2D eigenvalue weighted by atomic mass is 16.6. The zero-order valence-corrected chi connectivity index (χ0v) is 17.3. The zero-order chi connectivity index (χ0) is 23.3. The van der Waals surface area contributed by atoms with Gasteiger partial charge in [-0.2, -0.15) is 0 Å². The molecular formula is C22H21N3O7. The van der Waals surface area contributed by atoms with E-state index in [9.17, 15) is 29.3 Å². The van der Waals surface area contributed by atoms with Crippen LogP contribution in [-0.2, 0) is 20.7 Å². The van der Waals surface area contributed by atoms with Gasteiger partial charge >= 0.3 is 5.97 Å². The van der Waals surface area contributed by atoms with E-state index in [0.29, 0.717) is 11.3 Å². The molecule has 0 aromatic heterocycles. The quantitative estimate of drug-likeness (QED) is 0.273. The molecule has 166 valence electrons. The first-order valence-electron chi connectivity index (χ1n) is 9.90. The Kier molecular flexibility index (Phi) is 6.93. The molecule has 0 spiro atoms. The van der Waals surface area contributed by atoms with Gasteiger partial charge < -0.3 is 10.1 Å². The second kappa shape index (κ2) is 9.82. The Bertz CT molecular complexity index is 1070. The van der Waals surface area contributed by atoms with Gasteiger partial charge in [0.25, 0.3) is 23.4 Å². The molecule has 32 heavy (non-hydrogen) atoms. The first kappa shape index (κ1) is 22.6. The fourth-order valence-corrected chi connectivity index (χ4v) is 3.35. The number of nitrogens with one attached hydrogen (secondary N) is 1. The topological polar surface area (TPSA) is 136 Å². The van der Waals surface area contributed by atoms with Crippen LogP contribution in [0.25, 0.3) is 0 Å². The van der Waals surface area contributed by atoms with Crippen LogP contribution in [-0.4, -0.2) is 52.7 Å². The van der Waals surface area contributed by atoms with E-state index in [2.05, 4.69) is 5.32 Å². The standard InChI is InChI=1S/C22H21N3O7/c1-14(10-11-15-6-3-2-4-7-15)23-18(26)13-32-19(27)12-24-21(28)16-8-5-9-17(25(30)31)20(16)22(24)29/h2-9,14H,10-13H2,1H3,(H,23,26)/t14-/m1/s1. The Morgan fingerprint density at radius 2 is 1.81 bits per heavy atom. The van der Waals surface area contributed by atoms with E-state index >= 15 is 0 Å². The van der Waals surface area contributed by atoms with Crippen molar-refractivity contribution in [1.82, 2.24) is 10.2 Å². The summed E-state index contributed by atoms with van der Waals surface area (Å²) in [6.07, 6.45) is 1.46. The number of nitrogens with zero attached hydrogens (tertiary/aromatic N) is 2. The fourth-order valence-electron chi connectivity index (χ4n) is 3.35. The van der Waals surface area contributed by atoms with Crippen molar-refractivity contribution in [2.75, 3.05) is 13.2 Å². The van der Waals surface area contributed by atoms with E-state index in [4.69, 9.17) is 4.74 Å². The molecule has 10 heteroatoms. The van der Waals surface area contributed by atoms with Gasteiger partial charge in [0.2, 0.25) is 0 Å². The summed E-state index contributed by atoms with van der Waals surface area (Å²) in [6, 6.07) is 13.3. The minimum atomic E-state index is -0.978. The lowest BCUT2D eigenvalue weighted by atomic mass is 10.1. The molecule has 1 aliphatic heterocycles. The van der Waals surface area contributed by atoms with Gasteiger partial charge in [0, 0.05) is 12.1 Å². The third-order valence-electron chi connectivity index (χ3n) is 4.94. The molecule has 0 bridgehead atoms. The summed E-state index contributed by atoms with van der Waals surface area (Å²) in [5.74, 6) is -3.27. The second-order valence-corrected chi connectivity index (χ2v) is 7.31. The molecule has 0 radical (unpaired) electrons. The molecule has 1 atom stereocenters. The van der Waals surface area contributed by atoms with Crippen LogP contribution in [0.15, 0.2) is 48.5 Å². The average molecular weight is 439 g/mol. The van der Waals surface area contributed by atoms with Crippen molar-refractivity contribution in [1.29, 1.82) is 0 Å². The predicted molar refractivity (Wildman–Crippen MR) is 112 cm³/mol. The Morgan fingerprint density at radius 1 is 1.09 bits per heavy atom. The van der Waals surface area contributed by atoms with Gasteiger partial charge in [-0.1, -0.05) is 36.4 Å². The Labute approximate surface area is 183 Å². The first-order valence-corrected chi connectivity index (χ1v) is 9.90. The van der Waals surface area contributed by atoms with Gasteiger partial charge in [-0.3, -0.25) is 34.2 Å². The van der Waals surface area contributed by atoms with Gasteiger partial charge in [-0.05, 0) is 31.4 Å². The molecule has 2 aromatic carbocycles. The van der Waals surface area contributed by atoms with Crippen LogP contribution in [0.4, 0.5) is 5.69 Å². The third-order valence-corrected chi connectivity index (χ3v) is 4.94. The summed E-state index contributed by atoms with van der Waals surface area (Å²) in [5.41, 5.74) is 0.115. The van der Waals surface area contributed by atoms with Crippen molar-refractivity contribution in [3.63, 3.8) is 0 Å². The number of imide groups is 1. The van der Waals surface area contributed by atoms with Crippen molar-refractivity contribution in [3.05, 3.63) is 75.3 Å². The number of benzene rings is 2. The lowest BCUT2D eigenvalue weighted by molar-refractivity contribution is -0.385. The average Bonchev–Trinajstić information content (AvgIpc) is 3.02. The minimum absolute atomic E-state index is 0.151. The molecule has 1 N–H and O–H groups in total. The molecule has 2 aromatic rings. The normalized spacial score (nSPS) is 13.5. The van der Waals surface area contributed by atoms with Crippen molar-refractivity contribution < 1.29 is 28.8 Å². The Balaban J connectivity index is 1.48. The number of amides is 3. The van der Waals surface area contributed by atoms with Crippen molar-refractivity contribution in [2.45, 2.75) is 25.8 Å². The molecule has 1 aliphatic rings. The highest BCUT2D eigenvalue weighted by molar-refractivity contribution is 6.24. The van der Waals surface area contributed by atoms with Gasteiger partial charge in [-0.25, -0.2) is 0 Å². The van der Waals surface area contributed by atoms with Crippen LogP contribution >= 0.6 is 0 Å². The van der Waals surface area contributed by atoms with Crippen LogP contribution in [0.2, 0.25) is 0 Å². The maximum Gasteiger partial charge on any atom is 0.326 e. The van der Waals surface area contributed by atoms with Gasteiger partial charge in [0.05, 0.1) is 10.5 Å². The number of nitro groups is 1. The summed E-state index contributed by atoms with van der Waals surface area (Å²) >= 11 is 0. The van der Waals surface area contributed by atoms with Crippen molar-refractivity contribution >= 4 is 29.4 Å². The Morgan fingerprint density at radius 3 is 2.50 bits per heavy atom. The van der Waals surface area contributed by atoms with Gasteiger partial charge in [0.1, 0.15) is 12.1 Å². The van der Waals surface area contributed by atoms with Crippen LogP contribution in [0, 0.1) is 10.1 Å². The maximum absolute atomic E-state index is 12.5. The number of esters is 1. The fraction of sp³-hybridized carbons (Fsp3) is 0.273. The molecule has 3 amide bonds. The molecular weight excluding hydrogens is 418 g/mol. The maximum atomic E-state index is 12.5. The number of ether oxygens (including phenoxy) is 1. The molecule has 0 aliphatic carbocycles. The van der Waals surface area contributed by atoms with Gasteiger partial charge in [-0.15, -0.1) is 0 Å². The number of hydrogen-bond donors (Lipinski definition) is 1. The largest absolute Gasteiger partial charge is 0.454 e. The highest BCUT2D eigenvalue weighted by Crippen LogP contribution is 2.30. The smallest absolute Gasteiger partial charge is 0.326 e. The monoisotopic (exact) mass is 439 g/mol. The van der Waals surface area contributed by atoms with Crippen LogP contribution < -0.4 is 5.32 Å². The molecule has 3 rings (SSSR count). The molecule has 0 unspecified atom stereocenters. The molecule has 1 heterocycles. The molecule has 0 saturated carbocycles. The molecule has 0 saturated heterocycles. The number of rotatable bonds is 9. The number of hydrogen-bond acceptors (Lipinski definition) is 7. The predicted octanol–water partition coefficient (Wildman–Crippen LogP) is 1.87. The van der Waals surface area contributed by atoms with E-state index < -0.39 is 47.5 Å². The number of aryl methyl sites for hydroxylation is 1. The second-order valence-electron chi connectivity index (χ2n) is 7.31. The van der Waals surface area contributed by atoms with Crippen molar-refractivity contribution in [3.8, 4) is 0 Å². The summed E-state index contributed by atoms with van der Waals surface area (Å²) in [4.78, 5) is 59.9. The zero-order valence-electron chi connectivity index (χ0n) is 17.3. The summed E-state index contributed by atoms with van der Waals surface area (Å²) in [5, 5.41) is 13.8. The van der Waals surface area contributed by atoms with Crippen LogP contribution in [0.3, 0.4) is 0 Å².